The Balaban J connectivity index is 1.11. The standard InChI is InChI=1S/C42H58N2O2P/c1-2-3-4-14-24-38(44-34-33-43-37-44)25-15-9-7-5-6-8-10-22-32-42(45)46-35-23-36-47(39-26-16-11-17-27-39,40-28-18-12-19-29-40)41-30-20-13-21-31-41/h11-13,16-21,26-31,33-34,37-38H,2-10,14-15,22-25,32,35-36H2,1H3/q+1/t38-/m0/s1. The molecule has 1 heterocycles. The van der Waals surface area contributed by atoms with Crippen molar-refractivity contribution in [2.24, 2.45) is 0 Å². The first-order chi connectivity index (χ1) is 23.2. The fourth-order valence-corrected chi connectivity index (χ4v) is 11.2. The first-order valence-corrected chi connectivity index (χ1v) is 20.4. The summed E-state index contributed by atoms with van der Waals surface area (Å²) in [5.74, 6) is -0.0461. The van der Waals surface area contributed by atoms with Crippen LogP contribution in [0.3, 0.4) is 0 Å². The highest BCUT2D eigenvalue weighted by atomic mass is 31.2. The predicted octanol–water partition coefficient (Wildman–Crippen LogP) is 10.2. The number of esters is 1. The Morgan fingerprint density at radius 3 is 1.64 bits per heavy atom. The number of rotatable bonds is 24. The summed E-state index contributed by atoms with van der Waals surface area (Å²) >= 11 is 0. The van der Waals surface area contributed by atoms with Crippen LogP contribution in [-0.4, -0.2) is 28.3 Å². The lowest BCUT2D eigenvalue weighted by molar-refractivity contribution is -0.143. The second kappa shape index (κ2) is 21.6. The molecule has 47 heavy (non-hydrogen) atoms. The number of imidazole rings is 1. The van der Waals surface area contributed by atoms with Crippen molar-refractivity contribution in [1.82, 2.24) is 9.55 Å². The fraction of sp³-hybridized carbons (Fsp3) is 0.476. The van der Waals surface area contributed by atoms with Crippen molar-refractivity contribution in [1.29, 1.82) is 0 Å². The molecule has 0 saturated carbocycles. The molecule has 0 aliphatic rings. The molecule has 5 heteroatoms. The van der Waals surface area contributed by atoms with Crippen molar-refractivity contribution in [3.8, 4) is 0 Å². The van der Waals surface area contributed by atoms with Gasteiger partial charge in [-0.1, -0.05) is 132 Å². The minimum absolute atomic E-state index is 0.0461. The number of hydrogen-bond acceptors (Lipinski definition) is 3. The lowest BCUT2D eigenvalue weighted by Crippen LogP contribution is -2.33. The summed E-state index contributed by atoms with van der Waals surface area (Å²) in [6.45, 7) is 2.76. The van der Waals surface area contributed by atoms with Crippen molar-refractivity contribution < 1.29 is 9.53 Å². The molecule has 0 bridgehead atoms. The molecule has 0 saturated heterocycles. The number of aromatic nitrogens is 2. The quantitative estimate of drug-likeness (QED) is 0.0429. The van der Waals surface area contributed by atoms with E-state index in [1.54, 1.807) is 0 Å². The molecule has 0 aliphatic carbocycles. The fourth-order valence-electron chi connectivity index (χ4n) is 6.89. The summed E-state index contributed by atoms with van der Waals surface area (Å²) in [6.07, 6.45) is 26.0. The molecule has 252 valence electrons. The normalized spacial score (nSPS) is 12.2. The zero-order valence-electron chi connectivity index (χ0n) is 28.9. The maximum absolute atomic E-state index is 12.6. The summed E-state index contributed by atoms with van der Waals surface area (Å²) in [7, 11) is -1.88. The van der Waals surface area contributed by atoms with Crippen molar-refractivity contribution in [2.75, 3.05) is 12.8 Å². The molecule has 1 atom stereocenters. The molecule has 4 nitrogen and oxygen atoms in total. The monoisotopic (exact) mass is 653 g/mol. The molecular weight excluding hydrogens is 595 g/mol. The summed E-state index contributed by atoms with van der Waals surface area (Å²) < 4.78 is 8.10. The van der Waals surface area contributed by atoms with Crippen LogP contribution in [0.1, 0.15) is 116 Å². The lowest BCUT2D eigenvalue weighted by atomic mass is 10.00. The number of unbranched alkanes of at least 4 members (excludes halogenated alkanes) is 10. The highest BCUT2D eigenvalue weighted by molar-refractivity contribution is 7.95. The van der Waals surface area contributed by atoms with E-state index in [2.05, 4.69) is 114 Å². The zero-order valence-corrected chi connectivity index (χ0v) is 29.8. The molecule has 3 aromatic carbocycles. The van der Waals surface area contributed by atoms with Gasteiger partial charge in [-0.2, -0.15) is 0 Å². The van der Waals surface area contributed by atoms with Crippen LogP contribution >= 0.6 is 7.26 Å². The lowest BCUT2D eigenvalue weighted by Gasteiger charge is -2.27. The molecule has 0 aliphatic heterocycles. The maximum Gasteiger partial charge on any atom is 0.305 e. The van der Waals surface area contributed by atoms with Crippen molar-refractivity contribution in [3.63, 3.8) is 0 Å². The summed E-state index contributed by atoms with van der Waals surface area (Å²) in [6, 6.07) is 33.4. The Hall–Kier alpha value is -3.23. The average molecular weight is 654 g/mol. The van der Waals surface area contributed by atoms with Crippen molar-refractivity contribution in [3.05, 3.63) is 110 Å². The zero-order chi connectivity index (χ0) is 32.8. The van der Waals surface area contributed by atoms with Gasteiger partial charge in [0.2, 0.25) is 0 Å². The van der Waals surface area contributed by atoms with E-state index in [1.165, 1.54) is 93.0 Å². The number of carbonyl (C=O) groups excluding carboxylic acids is 1. The van der Waals surface area contributed by atoms with Gasteiger partial charge in [0, 0.05) is 31.3 Å². The minimum atomic E-state index is -1.88. The number of ether oxygens (including phenoxy) is 1. The Bertz CT molecular complexity index is 1250. The smallest absolute Gasteiger partial charge is 0.305 e. The summed E-state index contributed by atoms with van der Waals surface area (Å²) in [5, 5.41) is 4.13. The van der Waals surface area contributed by atoms with Crippen LogP contribution in [0, 0.1) is 0 Å². The first-order valence-electron chi connectivity index (χ1n) is 18.4. The van der Waals surface area contributed by atoms with Crippen LogP contribution in [-0.2, 0) is 9.53 Å². The van der Waals surface area contributed by atoms with Gasteiger partial charge in [0.15, 0.2) is 0 Å². The third-order valence-corrected chi connectivity index (χ3v) is 14.0. The summed E-state index contributed by atoms with van der Waals surface area (Å²) in [4.78, 5) is 16.9. The van der Waals surface area contributed by atoms with Crippen LogP contribution in [0.15, 0.2) is 110 Å². The molecule has 0 radical (unpaired) electrons. The van der Waals surface area contributed by atoms with Crippen LogP contribution < -0.4 is 15.9 Å². The van der Waals surface area contributed by atoms with E-state index in [1.807, 2.05) is 12.5 Å². The van der Waals surface area contributed by atoms with E-state index in [0.29, 0.717) is 19.1 Å². The van der Waals surface area contributed by atoms with Crippen molar-refractivity contribution >= 4 is 29.1 Å². The van der Waals surface area contributed by atoms with E-state index in [0.717, 1.165) is 25.4 Å². The maximum atomic E-state index is 12.6. The topological polar surface area (TPSA) is 44.1 Å². The minimum Gasteiger partial charge on any atom is -0.466 e. The van der Waals surface area contributed by atoms with E-state index in [-0.39, 0.29) is 5.97 Å². The molecule has 4 aromatic rings. The van der Waals surface area contributed by atoms with Crippen LogP contribution in [0.5, 0.6) is 0 Å². The number of nitrogens with zero attached hydrogens (tertiary/aromatic N) is 2. The number of hydrogen-bond donors (Lipinski definition) is 0. The molecule has 4 rings (SSSR count). The Morgan fingerprint density at radius 1 is 0.660 bits per heavy atom. The second-order valence-corrected chi connectivity index (χ2v) is 16.6. The SMILES string of the molecule is CCCCCC[C@@H](CCCCCCCCCCC(=O)OCCC[P+](c1ccccc1)(c1ccccc1)c1ccccc1)n1ccnc1. The highest BCUT2D eigenvalue weighted by Crippen LogP contribution is 2.55. The third-order valence-electron chi connectivity index (χ3n) is 9.50. The van der Waals surface area contributed by atoms with E-state index in [9.17, 15) is 4.79 Å². The van der Waals surface area contributed by atoms with Gasteiger partial charge in [0.25, 0.3) is 0 Å². The molecular formula is C42H58N2O2P+. The van der Waals surface area contributed by atoms with Crippen LogP contribution in [0.4, 0.5) is 0 Å². The Labute approximate surface area is 285 Å². The second-order valence-electron chi connectivity index (χ2n) is 13.0. The molecule has 1 aromatic heterocycles. The molecule has 0 fully saturated rings. The van der Waals surface area contributed by atoms with E-state index in [4.69, 9.17) is 4.74 Å². The van der Waals surface area contributed by atoms with Gasteiger partial charge in [-0.3, -0.25) is 4.79 Å². The number of benzene rings is 3. The molecule has 0 unspecified atom stereocenters. The molecule has 0 amide bonds. The summed E-state index contributed by atoms with van der Waals surface area (Å²) in [5.41, 5.74) is 0. The van der Waals surface area contributed by atoms with E-state index >= 15 is 0 Å². The highest BCUT2D eigenvalue weighted by Gasteiger charge is 2.44. The third kappa shape index (κ3) is 12.1. The van der Waals surface area contributed by atoms with Gasteiger partial charge < -0.3 is 9.30 Å². The Morgan fingerprint density at radius 2 is 1.15 bits per heavy atom. The van der Waals surface area contributed by atoms with Gasteiger partial charge in [-0.05, 0) is 55.7 Å². The van der Waals surface area contributed by atoms with Gasteiger partial charge in [0.05, 0.1) is 19.1 Å². The van der Waals surface area contributed by atoms with Gasteiger partial charge >= 0.3 is 5.97 Å². The van der Waals surface area contributed by atoms with Gasteiger partial charge in [0.1, 0.15) is 23.2 Å². The first kappa shape index (κ1) is 36.6. The largest absolute Gasteiger partial charge is 0.466 e. The van der Waals surface area contributed by atoms with Crippen molar-refractivity contribution in [2.45, 2.75) is 116 Å². The molecule has 0 N–H and O–H groups in total. The van der Waals surface area contributed by atoms with Gasteiger partial charge in [-0.15, -0.1) is 0 Å². The van der Waals surface area contributed by atoms with Crippen LogP contribution in [0.25, 0.3) is 0 Å². The molecule has 0 spiro atoms. The Kier molecular flexibility index (Phi) is 16.8. The predicted molar refractivity (Wildman–Crippen MR) is 202 cm³/mol. The van der Waals surface area contributed by atoms with E-state index < -0.39 is 7.26 Å². The van der Waals surface area contributed by atoms with Gasteiger partial charge in [-0.25, -0.2) is 4.98 Å². The van der Waals surface area contributed by atoms with Crippen LogP contribution in [0.2, 0.25) is 0 Å². The number of carbonyl (C=O) groups is 1. The average Bonchev–Trinajstić information content (AvgIpc) is 3.66.